The number of rotatable bonds is 7. The first-order valence-corrected chi connectivity index (χ1v) is 21.5. The van der Waals surface area contributed by atoms with Crippen molar-refractivity contribution in [1.29, 1.82) is 0 Å². The highest BCUT2D eigenvalue weighted by atomic mass is 16.7. The second-order valence-corrected chi connectivity index (χ2v) is 20.4. The molecule has 2 heterocycles. The van der Waals surface area contributed by atoms with Crippen molar-refractivity contribution in [1.82, 2.24) is 0 Å². The molecular weight excluding hydrogens is 772 g/mol. The van der Waals surface area contributed by atoms with Gasteiger partial charge in [-0.2, -0.15) is 0 Å². The largest absolute Gasteiger partial charge is 0.467 e. The van der Waals surface area contributed by atoms with Gasteiger partial charge in [-0.05, 0) is 98.7 Å². The van der Waals surface area contributed by atoms with Crippen LogP contribution in [0.5, 0.6) is 0 Å². The van der Waals surface area contributed by atoms with Crippen LogP contribution in [-0.4, -0.2) is 151 Å². The molecule has 0 spiro atoms. The lowest BCUT2D eigenvalue weighted by atomic mass is 9.33. The van der Waals surface area contributed by atoms with E-state index in [9.17, 15) is 55.5 Å². The molecule has 6 fully saturated rings. The molecule has 0 aromatic rings. The number of aliphatic hydroxyl groups is 9. The zero-order valence-electron chi connectivity index (χ0n) is 35.4. The van der Waals surface area contributed by atoms with E-state index in [0.717, 1.165) is 19.1 Å². The van der Waals surface area contributed by atoms with Crippen LogP contribution in [0.2, 0.25) is 0 Å². The number of hydrogen-bond acceptors (Lipinski definition) is 16. The minimum Gasteiger partial charge on any atom is -0.467 e. The molecule has 0 bridgehead atoms. The lowest BCUT2D eigenvalue weighted by Crippen LogP contribution is -2.69. The smallest absolute Gasteiger partial charge is 0.337 e. The van der Waals surface area contributed by atoms with E-state index in [1.165, 1.54) is 0 Å². The van der Waals surface area contributed by atoms with Crippen molar-refractivity contribution >= 4 is 11.9 Å². The van der Waals surface area contributed by atoms with Crippen molar-refractivity contribution in [2.75, 3.05) is 20.3 Å². The molecule has 16 heteroatoms. The molecule has 9 N–H and O–H groups in total. The molecule has 3 unspecified atom stereocenters. The maximum atomic E-state index is 14.7. The Morgan fingerprint density at radius 3 is 2.08 bits per heavy atom. The van der Waals surface area contributed by atoms with Gasteiger partial charge in [-0.1, -0.05) is 46.3 Å². The van der Waals surface area contributed by atoms with Gasteiger partial charge in [0.05, 0.1) is 37.4 Å². The fourth-order valence-corrected chi connectivity index (χ4v) is 13.9. The SMILES string of the molecule is COC(=O)[C@H]1O[C@@H](O[C@H]2CC[C@@]3(C)C(CC[C@]4(C)C3CC=C3C5[C@](C(=O)O[C@@H]6O[C@H](CO)[C@@H](O)[C@H](O)[C@H]6O)(CC[C@@H](C)[C@@]5(C)O)CC[C@]34C)[C@]2(C)CO)[C@H](O)[C@@H](O)[C@@H]1O. The van der Waals surface area contributed by atoms with E-state index < -0.39 is 114 Å². The van der Waals surface area contributed by atoms with E-state index >= 15 is 0 Å². The fraction of sp³-hybridized carbons (Fsp3) is 0.907. The highest BCUT2D eigenvalue weighted by Crippen LogP contribution is 2.76. The van der Waals surface area contributed by atoms with Crippen LogP contribution in [0.25, 0.3) is 0 Å². The number of ether oxygens (including phenoxy) is 5. The van der Waals surface area contributed by atoms with E-state index in [4.69, 9.17) is 23.7 Å². The Morgan fingerprint density at radius 1 is 0.780 bits per heavy atom. The molecule has 16 nitrogen and oxygen atoms in total. The van der Waals surface area contributed by atoms with Gasteiger partial charge in [0.25, 0.3) is 0 Å². The van der Waals surface area contributed by atoms with Gasteiger partial charge >= 0.3 is 11.9 Å². The average molecular weight is 841 g/mol. The molecule has 0 radical (unpaired) electrons. The third-order valence-corrected chi connectivity index (χ3v) is 17.9. The van der Waals surface area contributed by atoms with Crippen LogP contribution in [-0.2, 0) is 33.3 Å². The maximum Gasteiger partial charge on any atom is 0.337 e. The molecule has 7 aliphatic rings. The molecule has 0 aromatic heterocycles. The number of allylic oxidation sites excluding steroid dienone is 1. The van der Waals surface area contributed by atoms with Crippen LogP contribution in [0.3, 0.4) is 0 Å². The van der Waals surface area contributed by atoms with Crippen LogP contribution in [0.15, 0.2) is 11.6 Å². The molecule has 0 amide bonds. The number of carbonyl (C=O) groups is 2. The molecule has 0 aromatic carbocycles. The Labute approximate surface area is 345 Å². The zero-order valence-corrected chi connectivity index (χ0v) is 35.4. The summed E-state index contributed by atoms with van der Waals surface area (Å²) in [6.45, 7) is 11.7. The fourth-order valence-electron chi connectivity index (χ4n) is 13.9. The van der Waals surface area contributed by atoms with Crippen molar-refractivity contribution in [3.63, 3.8) is 0 Å². The molecule has 7 rings (SSSR count). The molecular formula is C43H68O16. The van der Waals surface area contributed by atoms with E-state index in [2.05, 4.69) is 26.8 Å². The summed E-state index contributed by atoms with van der Waals surface area (Å²) in [7, 11) is 1.13. The second-order valence-electron chi connectivity index (χ2n) is 20.4. The lowest BCUT2D eigenvalue weighted by Gasteiger charge is -2.72. The lowest BCUT2D eigenvalue weighted by molar-refractivity contribution is -0.327. The highest BCUT2D eigenvalue weighted by molar-refractivity contribution is 5.79. The molecule has 336 valence electrons. The van der Waals surface area contributed by atoms with Crippen molar-refractivity contribution in [3.8, 4) is 0 Å². The third-order valence-electron chi connectivity index (χ3n) is 17.9. The average Bonchev–Trinajstić information content (AvgIpc) is 3.20. The summed E-state index contributed by atoms with van der Waals surface area (Å²) in [5, 5.41) is 97.2. The second kappa shape index (κ2) is 15.5. The number of fused-ring (bicyclic) bond motifs is 7. The highest BCUT2D eigenvalue weighted by Gasteiger charge is 2.72. The van der Waals surface area contributed by atoms with E-state index in [1.54, 1.807) is 6.92 Å². The number of esters is 2. The third kappa shape index (κ3) is 6.43. The number of hydrogen-bond donors (Lipinski definition) is 9. The van der Waals surface area contributed by atoms with Crippen molar-refractivity contribution in [2.45, 2.75) is 172 Å². The topological polar surface area (TPSA) is 262 Å². The van der Waals surface area contributed by atoms with E-state index in [-0.39, 0.29) is 35.2 Å². The van der Waals surface area contributed by atoms with Crippen molar-refractivity contribution < 1.29 is 79.2 Å². The van der Waals surface area contributed by atoms with Crippen LogP contribution in [0.4, 0.5) is 0 Å². The van der Waals surface area contributed by atoms with E-state index in [1.807, 2.05) is 13.8 Å². The van der Waals surface area contributed by atoms with E-state index in [0.29, 0.717) is 51.4 Å². The molecule has 2 aliphatic heterocycles. The molecule has 2 saturated heterocycles. The Bertz CT molecular complexity index is 1640. The van der Waals surface area contributed by atoms with Gasteiger partial charge in [0.2, 0.25) is 6.29 Å². The van der Waals surface area contributed by atoms with Crippen LogP contribution < -0.4 is 0 Å². The minimum absolute atomic E-state index is 0.0583. The monoisotopic (exact) mass is 840 g/mol. The van der Waals surface area contributed by atoms with Gasteiger partial charge in [-0.15, -0.1) is 0 Å². The minimum atomic E-state index is -1.76. The zero-order chi connectivity index (χ0) is 43.4. The van der Waals surface area contributed by atoms with Gasteiger partial charge < -0.3 is 69.6 Å². The predicted molar refractivity (Wildman–Crippen MR) is 205 cm³/mol. The van der Waals surface area contributed by atoms with Gasteiger partial charge in [0.15, 0.2) is 12.4 Å². The normalized spacial score (nSPS) is 54.7. The Hall–Kier alpha value is -1.80. The Morgan fingerprint density at radius 2 is 1.44 bits per heavy atom. The standard InChI is InChI=1S/C43H68O16/c1-20-10-15-43(37(53)59-35-30(50)27(47)26(46)22(18-44)56-35)17-16-40(4)21(33(43)42(20,6)54)8-9-24-38(2)13-12-25(39(3,19-45)23(38)11-14-41(24,40)5)57-36-31(51)28(48)29(49)32(58-36)34(52)55-7/h8,20,22-33,35-36,44-51,54H,9-19H2,1-7H3/t20-,22-,23?,24?,25+,26-,27+,28+,29+,30-,31-,32+,33?,35+,36-,38+,39+,40-,41-,42-,43+/m1/s1. The number of aliphatic hydroxyl groups excluding tert-OH is 8. The summed E-state index contributed by atoms with van der Waals surface area (Å²) in [5.74, 6) is -2.33. The summed E-state index contributed by atoms with van der Waals surface area (Å²) in [6, 6.07) is 0. The molecule has 5 aliphatic carbocycles. The summed E-state index contributed by atoms with van der Waals surface area (Å²) >= 11 is 0. The van der Waals surface area contributed by atoms with Gasteiger partial charge in [0.1, 0.15) is 42.7 Å². The maximum absolute atomic E-state index is 14.7. The molecule has 4 saturated carbocycles. The summed E-state index contributed by atoms with van der Waals surface area (Å²) in [6.07, 6.45) is -9.28. The van der Waals surface area contributed by atoms with Crippen LogP contribution in [0, 0.1) is 50.7 Å². The van der Waals surface area contributed by atoms with Crippen LogP contribution in [0.1, 0.15) is 99.3 Å². The summed E-state index contributed by atoms with van der Waals surface area (Å²) in [4.78, 5) is 27.1. The van der Waals surface area contributed by atoms with Crippen LogP contribution >= 0.6 is 0 Å². The van der Waals surface area contributed by atoms with Gasteiger partial charge in [-0.3, -0.25) is 4.79 Å². The number of methoxy groups -OCH3 is 1. The summed E-state index contributed by atoms with van der Waals surface area (Å²) in [5.41, 5.74) is -3.42. The number of carbonyl (C=O) groups excluding carboxylic acids is 2. The summed E-state index contributed by atoms with van der Waals surface area (Å²) < 4.78 is 28.4. The van der Waals surface area contributed by atoms with Crippen molar-refractivity contribution in [2.24, 2.45) is 50.7 Å². The first-order chi connectivity index (χ1) is 27.5. The van der Waals surface area contributed by atoms with Gasteiger partial charge in [-0.25, -0.2) is 4.79 Å². The molecule has 21 atom stereocenters. The van der Waals surface area contributed by atoms with Gasteiger partial charge in [0, 0.05) is 11.3 Å². The quantitative estimate of drug-likeness (QED) is 0.0957. The first kappa shape index (κ1) is 45.2. The van der Waals surface area contributed by atoms with Crippen molar-refractivity contribution in [3.05, 3.63) is 11.6 Å². The Kier molecular flexibility index (Phi) is 11.9. The predicted octanol–water partition coefficient (Wildman–Crippen LogP) is 0.440. The Balaban J connectivity index is 1.19. The first-order valence-electron chi connectivity index (χ1n) is 21.5. The molecule has 59 heavy (non-hydrogen) atoms.